The summed E-state index contributed by atoms with van der Waals surface area (Å²) >= 11 is 17.4. The first kappa shape index (κ1) is 16.9. The van der Waals surface area contributed by atoms with Gasteiger partial charge in [-0.05, 0) is 12.5 Å². The average Bonchev–Trinajstić information content (AvgIpc) is 2.38. The van der Waals surface area contributed by atoms with Gasteiger partial charge in [0.05, 0.1) is 15.1 Å². The van der Waals surface area contributed by atoms with Gasteiger partial charge in [-0.2, -0.15) is 0 Å². The smallest absolute Gasteiger partial charge is 0.326 e. The van der Waals surface area contributed by atoms with Gasteiger partial charge in [-0.25, -0.2) is 4.79 Å². The Morgan fingerprint density at radius 2 is 1.85 bits per heavy atom. The summed E-state index contributed by atoms with van der Waals surface area (Å²) in [6.07, 6.45) is 0.272. The van der Waals surface area contributed by atoms with Crippen molar-refractivity contribution in [2.45, 2.75) is 19.4 Å². The molecule has 1 atom stereocenters. The zero-order valence-electron chi connectivity index (χ0n) is 10.5. The van der Waals surface area contributed by atoms with E-state index in [-0.39, 0.29) is 33.8 Å². The molecule has 110 valence electrons. The first-order valence-electron chi connectivity index (χ1n) is 5.64. The van der Waals surface area contributed by atoms with E-state index in [1.165, 1.54) is 12.1 Å². The van der Waals surface area contributed by atoms with Crippen LogP contribution in [0.3, 0.4) is 0 Å². The molecule has 0 radical (unpaired) electrons. The van der Waals surface area contributed by atoms with Crippen LogP contribution in [0.4, 0.5) is 0 Å². The summed E-state index contributed by atoms with van der Waals surface area (Å²) in [5.74, 6) is -1.48. The maximum atomic E-state index is 11.6. The number of carboxylic acids is 1. The molecule has 2 N–H and O–H groups in total. The van der Waals surface area contributed by atoms with Gasteiger partial charge < -0.3 is 15.2 Å². The van der Waals surface area contributed by atoms with Gasteiger partial charge in [0.25, 0.3) is 5.91 Å². The minimum atomic E-state index is -1.10. The van der Waals surface area contributed by atoms with Crippen molar-refractivity contribution in [1.29, 1.82) is 0 Å². The summed E-state index contributed by atoms with van der Waals surface area (Å²) in [6, 6.07) is 1.83. The minimum absolute atomic E-state index is 0.194. The summed E-state index contributed by atoms with van der Waals surface area (Å²) in [5, 5.41) is 11.8. The molecular weight excluding hydrogens is 328 g/mol. The molecule has 1 aromatic carbocycles. The molecule has 1 amide bonds. The fraction of sp³-hybridized carbons (Fsp3) is 0.333. The van der Waals surface area contributed by atoms with Crippen LogP contribution in [0.25, 0.3) is 0 Å². The Balaban J connectivity index is 2.61. The Morgan fingerprint density at radius 3 is 2.40 bits per heavy atom. The summed E-state index contributed by atoms with van der Waals surface area (Å²) < 4.78 is 5.18. The Morgan fingerprint density at radius 1 is 1.25 bits per heavy atom. The molecule has 0 aromatic heterocycles. The van der Waals surface area contributed by atoms with E-state index in [2.05, 4.69) is 5.32 Å². The number of amides is 1. The van der Waals surface area contributed by atoms with Gasteiger partial charge in [0.1, 0.15) is 11.8 Å². The third kappa shape index (κ3) is 4.74. The van der Waals surface area contributed by atoms with Gasteiger partial charge in [-0.15, -0.1) is 0 Å². The molecule has 0 spiro atoms. The number of rotatable bonds is 6. The fourth-order valence-corrected chi connectivity index (χ4v) is 1.92. The number of halogens is 3. The molecule has 0 saturated carbocycles. The fourth-order valence-electron chi connectivity index (χ4n) is 1.33. The van der Waals surface area contributed by atoms with Crippen molar-refractivity contribution < 1.29 is 19.4 Å². The minimum Gasteiger partial charge on any atom is -0.482 e. The van der Waals surface area contributed by atoms with Crippen LogP contribution in [-0.4, -0.2) is 29.6 Å². The van der Waals surface area contributed by atoms with Crippen LogP contribution in [-0.2, 0) is 9.59 Å². The van der Waals surface area contributed by atoms with Crippen LogP contribution in [0.1, 0.15) is 13.3 Å². The largest absolute Gasteiger partial charge is 0.482 e. The Labute approximate surface area is 130 Å². The lowest BCUT2D eigenvalue weighted by Crippen LogP contribution is -2.42. The molecule has 1 rings (SSSR count). The SMILES string of the molecule is CC[C@@H](NC(=O)COc1cc(Cl)c(Cl)cc1Cl)C(=O)O. The van der Waals surface area contributed by atoms with Crippen LogP contribution in [0, 0.1) is 0 Å². The van der Waals surface area contributed by atoms with Gasteiger partial charge >= 0.3 is 5.97 Å². The summed E-state index contributed by atoms with van der Waals surface area (Å²) in [7, 11) is 0. The van der Waals surface area contributed by atoms with E-state index in [9.17, 15) is 9.59 Å². The Kier molecular flexibility index (Phi) is 6.39. The first-order valence-corrected chi connectivity index (χ1v) is 6.78. The second kappa shape index (κ2) is 7.57. The molecule has 8 heteroatoms. The second-order valence-corrected chi connectivity index (χ2v) is 5.07. The van der Waals surface area contributed by atoms with Crippen LogP contribution >= 0.6 is 34.8 Å². The summed E-state index contributed by atoms with van der Waals surface area (Å²) in [4.78, 5) is 22.3. The van der Waals surface area contributed by atoms with Gasteiger partial charge in [-0.3, -0.25) is 4.79 Å². The highest BCUT2D eigenvalue weighted by molar-refractivity contribution is 6.43. The van der Waals surface area contributed by atoms with E-state index in [1.807, 2.05) is 0 Å². The van der Waals surface area contributed by atoms with Crippen molar-refractivity contribution in [1.82, 2.24) is 5.32 Å². The normalized spacial score (nSPS) is 11.8. The molecule has 5 nitrogen and oxygen atoms in total. The maximum absolute atomic E-state index is 11.6. The number of carbonyl (C=O) groups is 2. The third-order valence-corrected chi connectivity index (χ3v) is 3.39. The number of carboxylic acid groups (broad SMARTS) is 1. The molecule has 0 aliphatic heterocycles. The second-order valence-electron chi connectivity index (χ2n) is 3.85. The van der Waals surface area contributed by atoms with Crippen molar-refractivity contribution in [3.63, 3.8) is 0 Å². The van der Waals surface area contributed by atoms with Crippen LogP contribution in [0.5, 0.6) is 5.75 Å². The van der Waals surface area contributed by atoms with E-state index in [0.29, 0.717) is 0 Å². The standard InChI is InChI=1S/C12H12Cl3NO4/c1-2-9(12(18)19)16-11(17)5-20-10-4-7(14)6(13)3-8(10)15/h3-4,9H,2,5H2,1H3,(H,16,17)(H,18,19)/t9-/m1/s1. The van der Waals surface area contributed by atoms with Gasteiger partial charge in [0.2, 0.25) is 0 Å². The monoisotopic (exact) mass is 339 g/mol. The maximum Gasteiger partial charge on any atom is 0.326 e. The van der Waals surface area contributed by atoms with Crippen LogP contribution in [0.2, 0.25) is 15.1 Å². The molecular formula is C12H12Cl3NO4. The molecule has 0 heterocycles. The van der Waals surface area contributed by atoms with E-state index in [4.69, 9.17) is 44.6 Å². The van der Waals surface area contributed by atoms with Gasteiger partial charge in [0.15, 0.2) is 6.61 Å². The third-order valence-electron chi connectivity index (χ3n) is 2.38. The molecule has 1 aromatic rings. The number of ether oxygens (including phenoxy) is 1. The lowest BCUT2D eigenvalue weighted by Gasteiger charge is -2.13. The number of nitrogens with one attached hydrogen (secondary N) is 1. The highest BCUT2D eigenvalue weighted by Crippen LogP contribution is 2.33. The number of hydrogen-bond donors (Lipinski definition) is 2. The molecule has 0 unspecified atom stereocenters. The Hall–Kier alpha value is -1.17. The molecule has 20 heavy (non-hydrogen) atoms. The number of aliphatic carboxylic acids is 1. The van der Waals surface area contributed by atoms with Crippen molar-refractivity contribution in [3.8, 4) is 5.75 Å². The van der Waals surface area contributed by atoms with Crippen molar-refractivity contribution in [2.24, 2.45) is 0 Å². The molecule has 0 bridgehead atoms. The van der Waals surface area contributed by atoms with Crippen molar-refractivity contribution in [2.75, 3.05) is 6.61 Å². The van der Waals surface area contributed by atoms with E-state index in [0.717, 1.165) is 0 Å². The summed E-state index contributed by atoms with van der Waals surface area (Å²) in [5.41, 5.74) is 0. The van der Waals surface area contributed by atoms with E-state index >= 15 is 0 Å². The predicted molar refractivity (Wildman–Crippen MR) is 76.8 cm³/mol. The summed E-state index contributed by atoms with van der Waals surface area (Å²) in [6.45, 7) is 1.28. The number of hydrogen-bond acceptors (Lipinski definition) is 3. The first-order chi connectivity index (χ1) is 9.35. The lowest BCUT2D eigenvalue weighted by atomic mass is 10.2. The highest BCUT2D eigenvalue weighted by Gasteiger charge is 2.18. The molecule has 0 aliphatic rings. The lowest BCUT2D eigenvalue weighted by molar-refractivity contribution is -0.142. The van der Waals surface area contributed by atoms with Gasteiger partial charge in [0, 0.05) is 6.07 Å². The van der Waals surface area contributed by atoms with Crippen LogP contribution < -0.4 is 10.1 Å². The van der Waals surface area contributed by atoms with Crippen molar-refractivity contribution >= 4 is 46.7 Å². The zero-order valence-corrected chi connectivity index (χ0v) is 12.7. The van der Waals surface area contributed by atoms with Crippen LogP contribution in [0.15, 0.2) is 12.1 Å². The Bertz CT molecular complexity index is 522. The molecule has 0 aliphatic carbocycles. The quantitative estimate of drug-likeness (QED) is 0.781. The topological polar surface area (TPSA) is 75.6 Å². The predicted octanol–water partition coefficient (Wildman–Crippen LogP) is 3.01. The average molecular weight is 341 g/mol. The van der Waals surface area contributed by atoms with E-state index < -0.39 is 17.9 Å². The number of carbonyl (C=O) groups excluding carboxylic acids is 1. The molecule has 0 saturated heterocycles. The highest BCUT2D eigenvalue weighted by atomic mass is 35.5. The van der Waals surface area contributed by atoms with E-state index in [1.54, 1.807) is 6.92 Å². The zero-order chi connectivity index (χ0) is 15.3. The molecule has 0 fully saturated rings. The van der Waals surface area contributed by atoms with Crippen molar-refractivity contribution in [3.05, 3.63) is 27.2 Å². The number of benzene rings is 1. The van der Waals surface area contributed by atoms with Gasteiger partial charge in [-0.1, -0.05) is 41.7 Å².